The first-order chi connectivity index (χ1) is 9.97. The molecule has 0 aliphatic rings. The third-order valence-electron chi connectivity index (χ3n) is 3.00. The summed E-state index contributed by atoms with van der Waals surface area (Å²) in [5, 5.41) is 5.12. The van der Waals surface area contributed by atoms with Gasteiger partial charge in [0.05, 0.1) is 18.5 Å². The number of nitrogens with two attached hydrogens (primary N) is 2. The Morgan fingerprint density at radius 3 is 2.59 bits per heavy atom. The van der Waals surface area contributed by atoms with E-state index in [4.69, 9.17) is 16.2 Å². The largest absolute Gasteiger partial charge is 0.497 e. The number of hydrogen-bond acceptors (Lipinski definition) is 4. The molecule has 0 fully saturated rings. The Morgan fingerprint density at radius 1 is 1.36 bits per heavy atom. The van der Waals surface area contributed by atoms with Gasteiger partial charge in [-0.2, -0.15) is 0 Å². The van der Waals surface area contributed by atoms with Gasteiger partial charge in [-0.3, -0.25) is 4.79 Å². The summed E-state index contributed by atoms with van der Waals surface area (Å²) in [6.07, 6.45) is 2.21. The molecule has 1 unspecified atom stereocenters. The Bertz CT molecular complexity index is 511. The van der Waals surface area contributed by atoms with Crippen LogP contribution in [0, 0.1) is 0 Å². The normalized spacial score (nSPS) is 11.0. The lowest BCUT2D eigenvalue weighted by molar-refractivity contribution is -0.118. The minimum atomic E-state index is -0.732. The van der Waals surface area contributed by atoms with Gasteiger partial charge in [0.2, 0.25) is 5.91 Å². The highest BCUT2D eigenvalue weighted by Crippen LogP contribution is 2.24. The molecule has 0 aromatic heterocycles. The minimum Gasteiger partial charge on any atom is -0.497 e. The first kappa shape index (κ1) is 19.9. The summed E-state index contributed by atoms with van der Waals surface area (Å²) in [5.41, 5.74) is 11.8. The second-order valence-corrected chi connectivity index (χ2v) is 4.65. The van der Waals surface area contributed by atoms with E-state index in [0.717, 1.165) is 12.8 Å². The molecule has 7 nitrogen and oxygen atoms in total. The van der Waals surface area contributed by atoms with Gasteiger partial charge in [0.25, 0.3) is 0 Å². The number of halogens is 1. The van der Waals surface area contributed by atoms with Crippen LogP contribution >= 0.6 is 12.4 Å². The van der Waals surface area contributed by atoms with Crippen molar-refractivity contribution in [2.24, 2.45) is 5.73 Å². The number of ether oxygens (including phenoxy) is 1. The molecule has 0 saturated heterocycles. The molecule has 22 heavy (non-hydrogen) atoms. The number of primary amides is 1. The Kier molecular flexibility index (Phi) is 8.78. The fourth-order valence-electron chi connectivity index (χ4n) is 1.84. The zero-order valence-corrected chi connectivity index (χ0v) is 13.5. The Morgan fingerprint density at radius 2 is 2.05 bits per heavy atom. The van der Waals surface area contributed by atoms with Crippen LogP contribution in [0.1, 0.15) is 26.2 Å². The van der Waals surface area contributed by atoms with Gasteiger partial charge in [0.15, 0.2) is 0 Å². The van der Waals surface area contributed by atoms with Crippen molar-refractivity contribution in [1.29, 1.82) is 0 Å². The smallest absolute Gasteiger partial charge is 0.312 e. The SMILES string of the molecule is CCCCC(NC(N)=O)C(=O)Nc1cc(OC)ccc1N.Cl. The molecule has 124 valence electrons. The summed E-state index contributed by atoms with van der Waals surface area (Å²) in [7, 11) is 1.52. The Hall–Kier alpha value is -2.15. The maximum absolute atomic E-state index is 12.2. The molecular formula is C14H23ClN4O3. The summed E-state index contributed by atoms with van der Waals surface area (Å²) < 4.78 is 5.08. The van der Waals surface area contributed by atoms with Crippen molar-refractivity contribution in [2.45, 2.75) is 32.2 Å². The second-order valence-electron chi connectivity index (χ2n) is 4.65. The number of carbonyl (C=O) groups is 2. The maximum Gasteiger partial charge on any atom is 0.312 e. The van der Waals surface area contributed by atoms with E-state index in [0.29, 0.717) is 23.5 Å². The fraction of sp³-hybridized carbons (Fsp3) is 0.429. The standard InChI is InChI=1S/C14H22N4O3.ClH/c1-3-4-5-11(18-14(16)20)13(19)17-12-8-9(21-2)6-7-10(12)15;/h6-8,11H,3-5,15H2,1-2H3,(H,17,19)(H3,16,18,20);1H. The van der Waals surface area contributed by atoms with Crippen molar-refractivity contribution < 1.29 is 14.3 Å². The highest BCUT2D eigenvalue weighted by Gasteiger charge is 2.20. The van der Waals surface area contributed by atoms with Gasteiger partial charge in [-0.05, 0) is 18.6 Å². The number of carbonyl (C=O) groups excluding carboxylic acids is 2. The number of nitrogens with one attached hydrogen (secondary N) is 2. The highest BCUT2D eigenvalue weighted by molar-refractivity contribution is 5.99. The molecule has 3 amide bonds. The predicted octanol–water partition coefficient (Wildman–Crippen LogP) is 1.86. The number of urea groups is 1. The zero-order chi connectivity index (χ0) is 15.8. The van der Waals surface area contributed by atoms with Crippen molar-refractivity contribution in [3.63, 3.8) is 0 Å². The third kappa shape index (κ3) is 6.09. The number of anilines is 2. The van der Waals surface area contributed by atoms with Crippen LogP contribution in [0.5, 0.6) is 5.75 Å². The van der Waals surface area contributed by atoms with E-state index < -0.39 is 12.1 Å². The van der Waals surface area contributed by atoms with E-state index >= 15 is 0 Å². The Labute approximate surface area is 136 Å². The summed E-state index contributed by atoms with van der Waals surface area (Å²) in [4.78, 5) is 23.2. The van der Waals surface area contributed by atoms with Crippen molar-refractivity contribution in [3.05, 3.63) is 18.2 Å². The molecule has 1 rings (SSSR count). The van der Waals surface area contributed by atoms with Crippen LogP contribution in [0.2, 0.25) is 0 Å². The molecular weight excluding hydrogens is 308 g/mol. The fourth-order valence-corrected chi connectivity index (χ4v) is 1.84. The monoisotopic (exact) mass is 330 g/mol. The van der Waals surface area contributed by atoms with Gasteiger partial charge in [0.1, 0.15) is 11.8 Å². The van der Waals surface area contributed by atoms with Crippen LogP contribution in [0.4, 0.5) is 16.2 Å². The topological polar surface area (TPSA) is 119 Å². The van der Waals surface area contributed by atoms with Gasteiger partial charge in [-0.15, -0.1) is 12.4 Å². The summed E-state index contributed by atoms with van der Waals surface area (Å²) in [6, 6.07) is 3.53. The number of amides is 3. The molecule has 0 heterocycles. The third-order valence-corrected chi connectivity index (χ3v) is 3.00. The predicted molar refractivity (Wildman–Crippen MR) is 89.3 cm³/mol. The molecule has 0 aliphatic carbocycles. The average molecular weight is 331 g/mol. The van der Waals surface area contributed by atoms with Crippen molar-refractivity contribution >= 4 is 35.7 Å². The maximum atomic E-state index is 12.2. The van der Waals surface area contributed by atoms with E-state index in [1.165, 1.54) is 7.11 Å². The van der Waals surface area contributed by atoms with E-state index in [1.54, 1.807) is 18.2 Å². The van der Waals surface area contributed by atoms with Crippen molar-refractivity contribution in [1.82, 2.24) is 5.32 Å². The molecule has 1 aromatic carbocycles. The Balaban J connectivity index is 0.00000441. The summed E-state index contributed by atoms with van der Waals surface area (Å²) in [5.74, 6) is 0.217. The number of rotatable bonds is 7. The molecule has 0 radical (unpaired) electrons. The van der Waals surface area contributed by atoms with Crippen LogP contribution in [0.15, 0.2) is 18.2 Å². The highest BCUT2D eigenvalue weighted by atomic mass is 35.5. The van der Waals surface area contributed by atoms with E-state index in [1.807, 2.05) is 6.92 Å². The zero-order valence-electron chi connectivity index (χ0n) is 12.7. The minimum absolute atomic E-state index is 0. The summed E-state index contributed by atoms with van der Waals surface area (Å²) in [6.45, 7) is 2.00. The van der Waals surface area contributed by atoms with Crippen LogP contribution < -0.4 is 26.8 Å². The molecule has 8 heteroatoms. The number of methoxy groups -OCH3 is 1. The number of hydrogen-bond donors (Lipinski definition) is 4. The van der Waals surface area contributed by atoms with Crippen LogP contribution in [0.25, 0.3) is 0 Å². The van der Waals surface area contributed by atoms with Gasteiger partial charge in [0, 0.05) is 6.07 Å². The number of unbranched alkanes of at least 4 members (excludes halogenated alkanes) is 1. The number of benzene rings is 1. The first-order valence-electron chi connectivity index (χ1n) is 6.78. The molecule has 0 bridgehead atoms. The van der Waals surface area contributed by atoms with E-state index in [9.17, 15) is 9.59 Å². The summed E-state index contributed by atoms with van der Waals surface area (Å²) >= 11 is 0. The van der Waals surface area contributed by atoms with Crippen LogP contribution in [-0.4, -0.2) is 25.1 Å². The lowest BCUT2D eigenvalue weighted by Crippen LogP contribution is -2.46. The van der Waals surface area contributed by atoms with Crippen molar-refractivity contribution in [2.75, 3.05) is 18.2 Å². The molecule has 0 spiro atoms. The van der Waals surface area contributed by atoms with Crippen molar-refractivity contribution in [3.8, 4) is 5.75 Å². The van der Waals surface area contributed by atoms with Crippen LogP contribution in [0.3, 0.4) is 0 Å². The molecule has 1 aromatic rings. The molecule has 6 N–H and O–H groups in total. The van der Waals surface area contributed by atoms with Crippen LogP contribution in [-0.2, 0) is 4.79 Å². The van der Waals surface area contributed by atoms with E-state index in [-0.39, 0.29) is 18.3 Å². The van der Waals surface area contributed by atoms with Gasteiger partial charge in [-0.25, -0.2) is 4.79 Å². The molecule has 0 aliphatic heterocycles. The number of nitrogen functional groups attached to an aromatic ring is 1. The van der Waals surface area contributed by atoms with Gasteiger partial charge in [-0.1, -0.05) is 19.8 Å². The van der Waals surface area contributed by atoms with Gasteiger partial charge >= 0.3 is 6.03 Å². The quantitative estimate of drug-likeness (QED) is 0.570. The van der Waals surface area contributed by atoms with E-state index in [2.05, 4.69) is 10.6 Å². The average Bonchev–Trinajstić information content (AvgIpc) is 2.45. The van der Waals surface area contributed by atoms with Gasteiger partial charge < -0.3 is 26.8 Å². The second kappa shape index (κ2) is 9.73. The lowest BCUT2D eigenvalue weighted by Gasteiger charge is -2.18. The molecule has 0 saturated carbocycles. The lowest BCUT2D eigenvalue weighted by atomic mass is 10.1. The first-order valence-corrected chi connectivity index (χ1v) is 6.78. The molecule has 1 atom stereocenters.